The van der Waals surface area contributed by atoms with Crippen LogP contribution in [-0.4, -0.2) is 37.5 Å². The number of carbonyl (C=O) groups is 1. The zero-order valence-electron chi connectivity index (χ0n) is 12.1. The molecule has 3 nitrogen and oxygen atoms in total. The van der Waals surface area contributed by atoms with Gasteiger partial charge in [-0.05, 0) is 18.9 Å². The van der Waals surface area contributed by atoms with Crippen LogP contribution in [-0.2, 0) is 4.79 Å². The number of hydrogen-bond donors (Lipinski definition) is 1. The molecule has 0 aliphatic carbocycles. The van der Waals surface area contributed by atoms with Crippen molar-refractivity contribution in [3.05, 3.63) is 0 Å². The predicted octanol–water partition coefficient (Wildman–Crippen LogP) is 2.40. The smallest absolute Gasteiger partial charge is 0.226 e. The molecule has 0 spiro atoms. The molecule has 1 unspecified atom stereocenters. The fraction of sp³-hybridized carbons (Fsp3) is 0.923. The van der Waals surface area contributed by atoms with E-state index in [1.165, 1.54) is 0 Å². The van der Waals surface area contributed by atoms with Crippen LogP contribution in [0.2, 0.25) is 0 Å². The van der Waals surface area contributed by atoms with Crippen molar-refractivity contribution in [3.63, 3.8) is 0 Å². The van der Waals surface area contributed by atoms with Crippen molar-refractivity contribution in [1.29, 1.82) is 0 Å². The van der Waals surface area contributed by atoms with E-state index in [1.807, 2.05) is 18.9 Å². The monoisotopic (exact) mass is 264 g/mol. The minimum atomic E-state index is 0. The summed E-state index contributed by atoms with van der Waals surface area (Å²) in [7, 11) is 1.89. The first-order valence-corrected chi connectivity index (χ1v) is 6.31. The third-order valence-corrected chi connectivity index (χ3v) is 2.41. The van der Waals surface area contributed by atoms with Gasteiger partial charge in [-0.15, -0.1) is 12.4 Å². The second-order valence-corrected chi connectivity index (χ2v) is 5.49. The van der Waals surface area contributed by atoms with Crippen LogP contribution in [0.4, 0.5) is 0 Å². The molecular formula is C13H29ClN2O. The van der Waals surface area contributed by atoms with Crippen molar-refractivity contribution in [3.8, 4) is 0 Å². The lowest BCUT2D eigenvalue weighted by Crippen LogP contribution is -2.42. The Kier molecular flexibility index (Phi) is 10.9. The average Bonchev–Trinajstić information content (AvgIpc) is 2.14. The van der Waals surface area contributed by atoms with E-state index in [0.717, 1.165) is 19.6 Å². The lowest BCUT2D eigenvalue weighted by atomic mass is 10.1. The normalized spacial score (nSPS) is 12.5. The van der Waals surface area contributed by atoms with Crippen LogP contribution in [0.5, 0.6) is 0 Å². The molecule has 0 aromatic heterocycles. The van der Waals surface area contributed by atoms with E-state index in [2.05, 4.69) is 33.0 Å². The van der Waals surface area contributed by atoms with Gasteiger partial charge in [0.1, 0.15) is 0 Å². The molecule has 0 aliphatic heterocycles. The molecule has 0 fully saturated rings. The Hall–Kier alpha value is -0.280. The SMILES string of the molecule is CNCC(C)C(=O)N(CC(C)C)CC(C)C.Cl. The summed E-state index contributed by atoms with van der Waals surface area (Å²) in [5.41, 5.74) is 0. The van der Waals surface area contributed by atoms with Gasteiger partial charge < -0.3 is 10.2 Å². The Balaban J connectivity index is 0. The summed E-state index contributed by atoms with van der Waals surface area (Å²) in [6.07, 6.45) is 0. The van der Waals surface area contributed by atoms with Crippen LogP contribution in [0.1, 0.15) is 34.6 Å². The molecule has 0 aromatic carbocycles. The molecule has 17 heavy (non-hydrogen) atoms. The van der Waals surface area contributed by atoms with Crippen molar-refractivity contribution in [2.75, 3.05) is 26.7 Å². The number of nitrogens with zero attached hydrogens (tertiary/aromatic N) is 1. The summed E-state index contributed by atoms with van der Waals surface area (Å²) in [6.45, 7) is 13.1. The zero-order chi connectivity index (χ0) is 12.7. The Morgan fingerprint density at radius 2 is 1.47 bits per heavy atom. The summed E-state index contributed by atoms with van der Waals surface area (Å²) < 4.78 is 0. The van der Waals surface area contributed by atoms with Gasteiger partial charge in [-0.1, -0.05) is 34.6 Å². The van der Waals surface area contributed by atoms with Crippen LogP contribution in [0, 0.1) is 17.8 Å². The number of nitrogens with one attached hydrogen (secondary N) is 1. The van der Waals surface area contributed by atoms with E-state index in [4.69, 9.17) is 0 Å². The Morgan fingerprint density at radius 3 is 1.76 bits per heavy atom. The number of amides is 1. The van der Waals surface area contributed by atoms with E-state index >= 15 is 0 Å². The first-order valence-electron chi connectivity index (χ1n) is 6.31. The summed E-state index contributed by atoms with van der Waals surface area (Å²) in [4.78, 5) is 14.2. The van der Waals surface area contributed by atoms with Crippen LogP contribution in [0.15, 0.2) is 0 Å². The van der Waals surface area contributed by atoms with Gasteiger partial charge in [0.2, 0.25) is 5.91 Å². The minimum Gasteiger partial charge on any atom is -0.342 e. The Bertz CT molecular complexity index is 198. The first kappa shape index (κ1) is 19.1. The molecule has 0 aromatic rings. The fourth-order valence-corrected chi connectivity index (χ4v) is 1.84. The number of rotatable bonds is 7. The molecule has 0 rings (SSSR count). The highest BCUT2D eigenvalue weighted by Gasteiger charge is 2.21. The molecular weight excluding hydrogens is 236 g/mol. The molecule has 1 atom stereocenters. The van der Waals surface area contributed by atoms with Gasteiger partial charge in [0.05, 0.1) is 0 Å². The molecule has 1 amide bonds. The van der Waals surface area contributed by atoms with Crippen LogP contribution in [0.25, 0.3) is 0 Å². The van der Waals surface area contributed by atoms with Gasteiger partial charge in [0.25, 0.3) is 0 Å². The van der Waals surface area contributed by atoms with Crippen LogP contribution < -0.4 is 5.32 Å². The van der Waals surface area contributed by atoms with Gasteiger partial charge in [0.15, 0.2) is 0 Å². The van der Waals surface area contributed by atoms with Gasteiger partial charge in [-0.25, -0.2) is 0 Å². The summed E-state index contributed by atoms with van der Waals surface area (Å²) in [5.74, 6) is 1.41. The van der Waals surface area contributed by atoms with Crippen molar-refractivity contribution < 1.29 is 4.79 Å². The first-order chi connectivity index (χ1) is 7.38. The fourth-order valence-electron chi connectivity index (χ4n) is 1.84. The van der Waals surface area contributed by atoms with Crippen molar-refractivity contribution in [2.45, 2.75) is 34.6 Å². The standard InChI is InChI=1S/C13H28N2O.ClH/c1-10(2)8-15(9-11(3)4)13(16)12(5)7-14-6;/h10-12,14H,7-9H2,1-6H3;1H. The maximum absolute atomic E-state index is 12.2. The van der Waals surface area contributed by atoms with Crippen LogP contribution in [0.3, 0.4) is 0 Å². The third-order valence-electron chi connectivity index (χ3n) is 2.41. The Labute approximate surface area is 113 Å². The highest BCUT2D eigenvalue weighted by molar-refractivity contribution is 5.85. The molecule has 4 heteroatoms. The highest BCUT2D eigenvalue weighted by atomic mass is 35.5. The van der Waals surface area contributed by atoms with Crippen molar-refractivity contribution in [1.82, 2.24) is 10.2 Å². The molecule has 1 N–H and O–H groups in total. The second kappa shape index (κ2) is 9.72. The lowest BCUT2D eigenvalue weighted by molar-refractivity contribution is -0.135. The number of carbonyl (C=O) groups excluding carboxylic acids is 1. The second-order valence-electron chi connectivity index (χ2n) is 5.49. The van der Waals surface area contributed by atoms with E-state index in [0.29, 0.717) is 11.8 Å². The molecule has 104 valence electrons. The topological polar surface area (TPSA) is 32.3 Å². The molecule has 0 radical (unpaired) electrons. The largest absolute Gasteiger partial charge is 0.342 e. The quantitative estimate of drug-likeness (QED) is 0.766. The van der Waals surface area contributed by atoms with Gasteiger partial charge in [0, 0.05) is 25.6 Å². The summed E-state index contributed by atoms with van der Waals surface area (Å²) in [6, 6.07) is 0. The predicted molar refractivity (Wildman–Crippen MR) is 76.6 cm³/mol. The van der Waals surface area contributed by atoms with Crippen LogP contribution >= 0.6 is 12.4 Å². The number of hydrogen-bond acceptors (Lipinski definition) is 2. The zero-order valence-corrected chi connectivity index (χ0v) is 12.9. The van der Waals surface area contributed by atoms with E-state index < -0.39 is 0 Å². The maximum Gasteiger partial charge on any atom is 0.226 e. The molecule has 0 saturated carbocycles. The summed E-state index contributed by atoms with van der Waals surface area (Å²) >= 11 is 0. The van der Waals surface area contributed by atoms with E-state index in [9.17, 15) is 4.79 Å². The van der Waals surface area contributed by atoms with Crippen molar-refractivity contribution in [2.24, 2.45) is 17.8 Å². The summed E-state index contributed by atoms with van der Waals surface area (Å²) in [5, 5.41) is 3.06. The lowest BCUT2D eigenvalue weighted by Gasteiger charge is -2.29. The van der Waals surface area contributed by atoms with E-state index in [-0.39, 0.29) is 24.2 Å². The van der Waals surface area contributed by atoms with Crippen molar-refractivity contribution >= 4 is 18.3 Å². The van der Waals surface area contributed by atoms with Gasteiger partial charge >= 0.3 is 0 Å². The highest BCUT2D eigenvalue weighted by Crippen LogP contribution is 2.08. The molecule has 0 saturated heterocycles. The number of halogens is 1. The molecule has 0 bridgehead atoms. The molecule has 0 aliphatic rings. The molecule has 0 heterocycles. The minimum absolute atomic E-state index is 0. The van der Waals surface area contributed by atoms with Gasteiger partial charge in [-0.2, -0.15) is 0 Å². The van der Waals surface area contributed by atoms with Gasteiger partial charge in [-0.3, -0.25) is 4.79 Å². The van der Waals surface area contributed by atoms with E-state index in [1.54, 1.807) is 0 Å². The third kappa shape index (κ3) is 8.44. The Morgan fingerprint density at radius 1 is 1.06 bits per heavy atom. The average molecular weight is 265 g/mol. The maximum atomic E-state index is 12.2.